The number of methoxy groups -OCH3 is 1. The maximum absolute atomic E-state index is 5.72. The average molecular weight is 410 g/mol. The van der Waals surface area contributed by atoms with Gasteiger partial charge in [-0.25, -0.2) is 4.68 Å². The monoisotopic (exact) mass is 409 g/mol. The zero-order chi connectivity index (χ0) is 20.2. The second-order valence-electron chi connectivity index (χ2n) is 6.43. The molecular formula is C22H23N3O3S. The van der Waals surface area contributed by atoms with Crippen molar-refractivity contribution < 1.29 is 14.2 Å². The van der Waals surface area contributed by atoms with E-state index in [2.05, 4.69) is 10.4 Å². The molecule has 7 heteroatoms. The van der Waals surface area contributed by atoms with Crippen molar-refractivity contribution >= 4 is 17.0 Å². The highest BCUT2D eigenvalue weighted by atomic mass is 32.1. The summed E-state index contributed by atoms with van der Waals surface area (Å²) in [6, 6.07) is 13.8. The Morgan fingerprint density at radius 3 is 2.72 bits per heavy atom. The third-order valence-electron chi connectivity index (χ3n) is 4.57. The van der Waals surface area contributed by atoms with E-state index < -0.39 is 0 Å². The zero-order valence-corrected chi connectivity index (χ0v) is 17.5. The van der Waals surface area contributed by atoms with E-state index in [1.165, 1.54) is 0 Å². The minimum atomic E-state index is 0.559. The van der Waals surface area contributed by atoms with Gasteiger partial charge in [-0.2, -0.15) is 5.10 Å². The van der Waals surface area contributed by atoms with Crippen LogP contribution >= 0.6 is 11.3 Å². The maximum Gasteiger partial charge on any atom is 0.206 e. The zero-order valence-electron chi connectivity index (χ0n) is 16.7. The summed E-state index contributed by atoms with van der Waals surface area (Å²) in [7, 11) is 1.68. The number of ether oxygens (including phenoxy) is 3. The third-order valence-corrected chi connectivity index (χ3v) is 5.43. The highest BCUT2D eigenvalue weighted by Gasteiger charge is 2.15. The molecule has 150 valence electrons. The summed E-state index contributed by atoms with van der Waals surface area (Å²) in [6.45, 7) is 5.82. The predicted octanol–water partition coefficient (Wildman–Crippen LogP) is 4.19. The Labute approximate surface area is 173 Å². The summed E-state index contributed by atoms with van der Waals surface area (Å²) in [5.74, 6) is 2.32. The number of hydrogen-bond donors (Lipinski definition) is 0. The van der Waals surface area contributed by atoms with Gasteiger partial charge in [-0.05, 0) is 44.2 Å². The van der Waals surface area contributed by atoms with E-state index >= 15 is 0 Å². The minimum Gasteiger partial charge on any atom is -0.496 e. The minimum absolute atomic E-state index is 0.559. The van der Waals surface area contributed by atoms with Crippen LogP contribution in [0.15, 0.2) is 57.9 Å². The smallest absolute Gasteiger partial charge is 0.206 e. The van der Waals surface area contributed by atoms with Crippen LogP contribution < -0.4 is 19.0 Å². The van der Waals surface area contributed by atoms with Crippen LogP contribution in [0.2, 0.25) is 0 Å². The molecule has 0 fully saturated rings. The van der Waals surface area contributed by atoms with Crippen LogP contribution in [-0.2, 0) is 0 Å². The first kappa shape index (κ1) is 19.3. The van der Waals surface area contributed by atoms with E-state index in [0.29, 0.717) is 19.8 Å². The van der Waals surface area contributed by atoms with Gasteiger partial charge < -0.3 is 14.2 Å². The molecule has 0 atom stereocenters. The molecule has 0 saturated heterocycles. The normalized spacial score (nSPS) is 14.2. The number of aromatic nitrogens is 1. The Morgan fingerprint density at radius 1 is 1.14 bits per heavy atom. The molecular weight excluding hydrogens is 386 g/mol. The fourth-order valence-electron chi connectivity index (χ4n) is 3.16. The average Bonchev–Trinajstić information content (AvgIpc) is 3.15. The van der Waals surface area contributed by atoms with Gasteiger partial charge in [0.15, 0.2) is 11.5 Å². The van der Waals surface area contributed by atoms with E-state index in [0.717, 1.165) is 44.6 Å². The number of rotatable bonds is 5. The molecule has 0 aliphatic carbocycles. The topological polar surface area (TPSA) is 57.3 Å². The molecule has 4 rings (SSSR count). The molecule has 29 heavy (non-hydrogen) atoms. The molecule has 1 aliphatic rings. The van der Waals surface area contributed by atoms with Gasteiger partial charge in [0.05, 0.1) is 18.5 Å². The van der Waals surface area contributed by atoms with E-state index in [4.69, 9.17) is 19.3 Å². The standard InChI is InChI=1S/C22H23N3O3S/c1-4-23-22-25(18(14-29-22)17-7-5-6-8-19(17)26-3)24-15(2)16-9-10-20-21(13-16)28-12-11-27-20/h5-10,13-14H,4,11-12H2,1-3H3. The van der Waals surface area contributed by atoms with Crippen LogP contribution in [0.25, 0.3) is 11.3 Å². The fourth-order valence-corrected chi connectivity index (χ4v) is 4.04. The lowest BCUT2D eigenvalue weighted by atomic mass is 10.1. The van der Waals surface area contributed by atoms with Crippen molar-refractivity contribution in [2.75, 3.05) is 26.9 Å². The van der Waals surface area contributed by atoms with E-state index in [1.807, 2.05) is 61.0 Å². The quantitative estimate of drug-likeness (QED) is 0.594. The van der Waals surface area contributed by atoms with Crippen molar-refractivity contribution in [1.29, 1.82) is 0 Å². The molecule has 3 aromatic rings. The van der Waals surface area contributed by atoms with Gasteiger partial charge in [-0.3, -0.25) is 4.99 Å². The van der Waals surface area contributed by atoms with Gasteiger partial charge in [0, 0.05) is 23.1 Å². The number of hydrogen-bond acceptors (Lipinski definition) is 6. The number of para-hydroxylation sites is 1. The van der Waals surface area contributed by atoms with Crippen LogP contribution in [0.4, 0.5) is 0 Å². The summed E-state index contributed by atoms with van der Waals surface area (Å²) in [5.41, 5.74) is 3.74. The highest BCUT2D eigenvalue weighted by Crippen LogP contribution is 2.32. The lowest BCUT2D eigenvalue weighted by molar-refractivity contribution is 0.171. The van der Waals surface area contributed by atoms with E-state index in [9.17, 15) is 0 Å². The molecule has 0 bridgehead atoms. The largest absolute Gasteiger partial charge is 0.496 e. The second kappa shape index (κ2) is 8.53. The number of nitrogens with zero attached hydrogens (tertiary/aromatic N) is 3. The molecule has 1 aliphatic heterocycles. The Kier molecular flexibility index (Phi) is 5.67. The first-order valence-corrected chi connectivity index (χ1v) is 10.4. The van der Waals surface area contributed by atoms with E-state index in [1.54, 1.807) is 18.4 Å². The van der Waals surface area contributed by atoms with E-state index in [-0.39, 0.29) is 0 Å². The van der Waals surface area contributed by atoms with Crippen molar-refractivity contribution in [3.63, 3.8) is 0 Å². The summed E-state index contributed by atoms with van der Waals surface area (Å²) in [5, 5.41) is 6.97. The van der Waals surface area contributed by atoms with Crippen LogP contribution in [0.5, 0.6) is 17.2 Å². The molecule has 0 unspecified atom stereocenters. The second-order valence-corrected chi connectivity index (χ2v) is 7.27. The molecule has 0 radical (unpaired) electrons. The molecule has 1 aromatic heterocycles. The lowest BCUT2D eigenvalue weighted by Crippen LogP contribution is -2.16. The third kappa shape index (κ3) is 3.91. The number of thiazole rings is 1. The summed E-state index contributed by atoms with van der Waals surface area (Å²) < 4.78 is 18.8. The van der Waals surface area contributed by atoms with Crippen molar-refractivity contribution in [2.24, 2.45) is 10.1 Å². The predicted molar refractivity (Wildman–Crippen MR) is 115 cm³/mol. The Balaban J connectivity index is 1.82. The van der Waals surface area contributed by atoms with Crippen molar-refractivity contribution in [3.05, 3.63) is 58.2 Å². The van der Waals surface area contributed by atoms with Gasteiger partial charge >= 0.3 is 0 Å². The van der Waals surface area contributed by atoms with Gasteiger partial charge in [0.2, 0.25) is 4.80 Å². The fraction of sp³-hybridized carbons (Fsp3) is 0.273. The molecule has 2 aromatic carbocycles. The first-order valence-electron chi connectivity index (χ1n) is 9.51. The molecule has 0 N–H and O–H groups in total. The van der Waals surface area contributed by atoms with Gasteiger partial charge in [0.1, 0.15) is 19.0 Å². The number of fused-ring (bicyclic) bond motifs is 1. The highest BCUT2D eigenvalue weighted by molar-refractivity contribution is 7.07. The SMILES string of the molecule is CCN=c1scc(-c2ccccc2OC)n1N=C(C)c1ccc2c(c1)OCCO2. The van der Waals surface area contributed by atoms with Gasteiger partial charge in [0.25, 0.3) is 0 Å². The van der Waals surface area contributed by atoms with Crippen molar-refractivity contribution in [2.45, 2.75) is 13.8 Å². The first-order chi connectivity index (χ1) is 14.2. The maximum atomic E-state index is 5.72. The summed E-state index contributed by atoms with van der Waals surface area (Å²) in [4.78, 5) is 5.45. The Morgan fingerprint density at radius 2 is 1.93 bits per heavy atom. The number of benzene rings is 2. The molecule has 0 saturated carbocycles. The lowest BCUT2D eigenvalue weighted by Gasteiger charge is -2.18. The summed E-state index contributed by atoms with van der Waals surface area (Å²) >= 11 is 1.56. The van der Waals surface area contributed by atoms with Crippen LogP contribution in [0.3, 0.4) is 0 Å². The Bertz CT molecular complexity index is 1110. The van der Waals surface area contributed by atoms with Crippen LogP contribution in [-0.4, -0.2) is 37.3 Å². The van der Waals surface area contributed by atoms with Gasteiger partial charge in [-0.1, -0.05) is 12.1 Å². The van der Waals surface area contributed by atoms with Crippen molar-refractivity contribution in [1.82, 2.24) is 4.68 Å². The van der Waals surface area contributed by atoms with Crippen molar-refractivity contribution in [3.8, 4) is 28.5 Å². The van der Waals surface area contributed by atoms with Crippen LogP contribution in [0.1, 0.15) is 19.4 Å². The molecule has 2 heterocycles. The molecule has 0 spiro atoms. The van der Waals surface area contributed by atoms with Crippen LogP contribution in [0, 0.1) is 0 Å². The van der Waals surface area contributed by atoms with Gasteiger partial charge in [-0.15, -0.1) is 11.3 Å². The summed E-state index contributed by atoms with van der Waals surface area (Å²) in [6.07, 6.45) is 0. The molecule has 6 nitrogen and oxygen atoms in total. The molecule has 0 amide bonds. The Hall–Kier alpha value is -3.06.